The van der Waals surface area contributed by atoms with Crippen molar-refractivity contribution in [3.8, 4) is 0 Å². The lowest BCUT2D eigenvalue weighted by molar-refractivity contribution is -0.183. The molecule has 4 fully saturated rings. The second-order valence-electron chi connectivity index (χ2n) is 12.7. The van der Waals surface area contributed by atoms with Crippen LogP contribution in [0.5, 0.6) is 0 Å². The molecule has 4 aliphatic rings. The fourth-order valence-corrected chi connectivity index (χ4v) is 7.32. The second-order valence-corrected chi connectivity index (χ2v) is 12.7. The Balaban J connectivity index is 1.23. The summed E-state index contributed by atoms with van der Waals surface area (Å²) in [5.74, 6) is -1.50. The maximum absolute atomic E-state index is 13.6. The van der Waals surface area contributed by atoms with E-state index in [2.05, 4.69) is 20.9 Å². The fraction of sp³-hybridized carbons (Fsp3) is 0.690. The Kier molecular flexibility index (Phi) is 7.53. The number of hydrogen-bond acceptors (Lipinski definition) is 9. The zero-order valence-corrected chi connectivity index (χ0v) is 24.3. The predicted octanol–water partition coefficient (Wildman–Crippen LogP) is 3.34. The number of ether oxygens (including phenoxy) is 1. The Labute approximate surface area is 250 Å². The van der Waals surface area contributed by atoms with Crippen molar-refractivity contribution in [2.24, 2.45) is 29.6 Å². The van der Waals surface area contributed by atoms with Crippen LogP contribution in [0, 0.1) is 29.6 Å². The minimum Gasteiger partial charge on any atom is -0.381 e. The third-order valence-corrected chi connectivity index (χ3v) is 9.87. The molecular weight excluding hydrogens is 581 g/mol. The van der Waals surface area contributed by atoms with E-state index in [0.29, 0.717) is 72.9 Å². The van der Waals surface area contributed by atoms with Crippen molar-refractivity contribution in [2.75, 3.05) is 19.8 Å². The normalized spacial score (nSPS) is 28.1. The molecule has 2 N–H and O–H groups in total. The van der Waals surface area contributed by atoms with Gasteiger partial charge in [-0.2, -0.15) is 18.3 Å². The maximum atomic E-state index is 13.6. The minimum atomic E-state index is -4.40. The quantitative estimate of drug-likeness (QED) is 0.389. The third-order valence-electron chi connectivity index (χ3n) is 9.87. The zero-order valence-electron chi connectivity index (χ0n) is 24.3. The molecule has 0 bridgehead atoms. The van der Waals surface area contributed by atoms with Crippen LogP contribution in [0.15, 0.2) is 10.8 Å². The lowest BCUT2D eigenvalue weighted by atomic mass is 9.84. The van der Waals surface area contributed by atoms with Crippen LogP contribution in [-0.2, 0) is 22.4 Å². The van der Waals surface area contributed by atoms with Crippen LogP contribution in [0.3, 0.4) is 0 Å². The van der Waals surface area contributed by atoms with Gasteiger partial charge < -0.3 is 15.4 Å². The van der Waals surface area contributed by atoms with Gasteiger partial charge >= 0.3 is 6.18 Å². The first-order valence-corrected chi connectivity index (χ1v) is 15.5. The number of halogens is 3. The van der Waals surface area contributed by atoms with E-state index in [1.807, 2.05) is 6.92 Å². The molecule has 0 aromatic carbocycles. The van der Waals surface area contributed by atoms with Crippen molar-refractivity contribution in [1.82, 2.24) is 40.5 Å². The summed E-state index contributed by atoms with van der Waals surface area (Å²) in [4.78, 5) is 35.8. The molecule has 2 amide bonds. The number of hydrogen-bond donors (Lipinski definition) is 2. The van der Waals surface area contributed by atoms with Gasteiger partial charge in [-0.25, -0.2) is 19.1 Å². The molecule has 0 radical (unpaired) electrons. The standard InChI is InChI=1S/C29H35F3N8O4/c1-2-20-25(39-44-38-20)27(42)35-24(17-8-15-7-16(15)9-17)22-13-40-28(34-22)36-23(14-3-5-43-6-4-14)21(37-40)11-18-10-19(29(30,31)32)12-33-26(18)41/h13-19,24H,2-12H2,1H3,(H,33,41)(H,35,42)/t15-,16+,17?,18-,19-,24+/m1/s1. The van der Waals surface area contributed by atoms with Gasteiger partial charge in [0.15, 0.2) is 5.69 Å². The highest BCUT2D eigenvalue weighted by atomic mass is 19.4. The van der Waals surface area contributed by atoms with Gasteiger partial charge in [0.25, 0.3) is 11.7 Å². The van der Waals surface area contributed by atoms with Gasteiger partial charge in [0, 0.05) is 38.0 Å². The highest BCUT2D eigenvalue weighted by Gasteiger charge is 2.49. The van der Waals surface area contributed by atoms with E-state index in [4.69, 9.17) is 24.4 Å². The highest BCUT2D eigenvalue weighted by Crippen LogP contribution is 2.57. The lowest BCUT2D eigenvalue weighted by Gasteiger charge is -2.31. The first-order chi connectivity index (χ1) is 21.2. The van der Waals surface area contributed by atoms with Crippen molar-refractivity contribution >= 4 is 17.6 Å². The molecule has 5 heterocycles. The number of rotatable bonds is 8. The third kappa shape index (κ3) is 5.66. The number of aryl methyl sites for hydroxylation is 1. The number of fused-ring (bicyclic) bond motifs is 2. The Hall–Kier alpha value is -3.62. The predicted molar refractivity (Wildman–Crippen MR) is 146 cm³/mol. The number of piperidine rings is 1. The van der Waals surface area contributed by atoms with Crippen LogP contribution < -0.4 is 10.6 Å². The summed E-state index contributed by atoms with van der Waals surface area (Å²) < 4.78 is 52.6. The average molecular weight is 617 g/mol. The molecule has 236 valence electrons. The largest absolute Gasteiger partial charge is 0.393 e. The van der Waals surface area contributed by atoms with Gasteiger partial charge in [-0.3, -0.25) is 9.59 Å². The first kappa shape index (κ1) is 29.1. The smallest absolute Gasteiger partial charge is 0.381 e. The van der Waals surface area contributed by atoms with Crippen LogP contribution >= 0.6 is 0 Å². The Bertz CT molecular complexity index is 1540. The molecule has 44 heavy (non-hydrogen) atoms. The molecule has 12 nitrogen and oxygen atoms in total. The number of carbonyl (C=O) groups is 2. The van der Waals surface area contributed by atoms with E-state index < -0.39 is 42.4 Å². The van der Waals surface area contributed by atoms with Gasteiger partial charge in [0.1, 0.15) is 5.69 Å². The summed E-state index contributed by atoms with van der Waals surface area (Å²) in [6.45, 7) is 2.52. The molecule has 2 saturated carbocycles. The number of alkyl halides is 3. The summed E-state index contributed by atoms with van der Waals surface area (Å²) >= 11 is 0. The van der Waals surface area contributed by atoms with Crippen molar-refractivity contribution in [3.05, 3.63) is 34.7 Å². The van der Waals surface area contributed by atoms with Gasteiger partial charge in [0.05, 0.1) is 35.2 Å². The number of imidazole rings is 1. The minimum absolute atomic E-state index is 0.0222. The van der Waals surface area contributed by atoms with Gasteiger partial charge in [-0.1, -0.05) is 12.1 Å². The van der Waals surface area contributed by atoms with Gasteiger partial charge in [-0.05, 0) is 67.9 Å². The van der Waals surface area contributed by atoms with Crippen LogP contribution in [0.25, 0.3) is 5.78 Å². The summed E-state index contributed by atoms with van der Waals surface area (Å²) in [7, 11) is 0. The molecule has 2 saturated heterocycles. The number of nitrogens with zero attached hydrogens (tertiary/aromatic N) is 6. The van der Waals surface area contributed by atoms with Crippen LogP contribution in [0.4, 0.5) is 13.2 Å². The number of carbonyl (C=O) groups excluding carboxylic acids is 2. The van der Waals surface area contributed by atoms with Crippen LogP contribution in [0.1, 0.15) is 90.7 Å². The topological polar surface area (TPSA) is 149 Å². The van der Waals surface area contributed by atoms with E-state index in [-0.39, 0.29) is 30.4 Å². The highest BCUT2D eigenvalue weighted by molar-refractivity contribution is 5.93. The number of aromatic nitrogens is 6. The van der Waals surface area contributed by atoms with Crippen molar-refractivity contribution in [3.63, 3.8) is 0 Å². The molecule has 1 unspecified atom stereocenters. The summed E-state index contributed by atoms with van der Waals surface area (Å²) in [6, 6.07) is -0.424. The van der Waals surface area contributed by atoms with Crippen LogP contribution in [0.2, 0.25) is 0 Å². The molecule has 6 atom stereocenters. The monoisotopic (exact) mass is 616 g/mol. The molecule has 0 spiro atoms. The molecule has 3 aromatic rings. The second kappa shape index (κ2) is 11.4. The molecule has 2 aliphatic carbocycles. The van der Waals surface area contributed by atoms with E-state index in [0.717, 1.165) is 12.8 Å². The summed E-state index contributed by atoms with van der Waals surface area (Å²) in [5, 5.41) is 18.0. The average Bonchev–Trinajstić information content (AvgIpc) is 3.37. The van der Waals surface area contributed by atoms with E-state index in [1.54, 1.807) is 6.20 Å². The molecule has 3 aromatic heterocycles. The van der Waals surface area contributed by atoms with E-state index >= 15 is 0 Å². The lowest BCUT2D eigenvalue weighted by Crippen LogP contribution is -2.47. The molecule has 7 rings (SSSR count). The summed E-state index contributed by atoms with van der Waals surface area (Å²) in [6.07, 6.45) is 2.08. The van der Waals surface area contributed by atoms with Crippen molar-refractivity contribution in [1.29, 1.82) is 0 Å². The van der Waals surface area contributed by atoms with E-state index in [9.17, 15) is 22.8 Å². The Morgan fingerprint density at radius 2 is 1.89 bits per heavy atom. The molecule has 2 aliphatic heterocycles. The number of nitrogens with one attached hydrogen (secondary N) is 2. The van der Waals surface area contributed by atoms with Crippen LogP contribution in [-0.4, -0.2) is 67.6 Å². The number of amides is 2. The molecule has 15 heteroatoms. The fourth-order valence-electron chi connectivity index (χ4n) is 7.32. The Morgan fingerprint density at radius 1 is 1.11 bits per heavy atom. The molecular formula is C29H35F3N8O4. The van der Waals surface area contributed by atoms with E-state index in [1.165, 1.54) is 10.9 Å². The first-order valence-electron chi connectivity index (χ1n) is 15.5. The SMILES string of the molecule is CCc1nonc1C(=O)N[C@H](c1cn2nc(C[C@H]3C[C@@H](C(F)(F)F)CNC3=O)c(C3CCOCC3)nc2n1)C1C[C@@H]2C[C@@H]2C1. The van der Waals surface area contributed by atoms with Crippen molar-refractivity contribution in [2.45, 2.75) is 76.4 Å². The summed E-state index contributed by atoms with van der Waals surface area (Å²) in [5.41, 5.74) is 2.35. The Morgan fingerprint density at radius 3 is 2.61 bits per heavy atom. The van der Waals surface area contributed by atoms with Crippen molar-refractivity contribution < 1.29 is 32.1 Å². The zero-order chi connectivity index (χ0) is 30.6. The van der Waals surface area contributed by atoms with Gasteiger partial charge in [0.2, 0.25) is 5.91 Å². The van der Waals surface area contributed by atoms with Gasteiger partial charge in [-0.15, -0.1) is 0 Å². The maximum Gasteiger partial charge on any atom is 0.393 e.